The quantitative estimate of drug-likeness (QED) is 0.571. The minimum atomic E-state index is -0.168. The summed E-state index contributed by atoms with van der Waals surface area (Å²) >= 11 is 0. The number of likely N-dealkylation sites (N-methyl/N-ethyl adjacent to an activating group) is 1. The molecule has 11 heavy (non-hydrogen) atoms. The third kappa shape index (κ3) is 1.45. The maximum Gasteiger partial charge on any atom is 0.152 e. The van der Waals surface area contributed by atoms with Gasteiger partial charge < -0.3 is 0 Å². The predicted octanol–water partition coefficient (Wildman–Crippen LogP) is 1.45. The second-order valence-corrected chi connectivity index (χ2v) is 3.80. The highest BCUT2D eigenvalue weighted by atomic mass is 16.1. The zero-order chi connectivity index (χ0) is 8.48. The van der Waals surface area contributed by atoms with Gasteiger partial charge in [0.2, 0.25) is 0 Å². The molecule has 1 aliphatic rings. The molecule has 1 atom stereocenters. The van der Waals surface area contributed by atoms with Crippen LogP contribution in [0.1, 0.15) is 32.6 Å². The molecule has 1 rings (SSSR count). The predicted molar refractivity (Wildman–Crippen MR) is 45.6 cm³/mol. The summed E-state index contributed by atoms with van der Waals surface area (Å²) in [5.41, 5.74) is -0.168. The first-order valence-electron chi connectivity index (χ1n) is 4.28. The van der Waals surface area contributed by atoms with Crippen LogP contribution in [0.2, 0.25) is 0 Å². The molecule has 0 aromatic heterocycles. The normalized spacial score (nSPS) is 32.9. The van der Waals surface area contributed by atoms with E-state index < -0.39 is 0 Å². The molecular formula is C9H17NO. The van der Waals surface area contributed by atoms with Gasteiger partial charge in [-0.3, -0.25) is 9.69 Å². The fourth-order valence-corrected chi connectivity index (χ4v) is 1.64. The molecule has 0 bridgehead atoms. The van der Waals surface area contributed by atoms with Crippen molar-refractivity contribution >= 4 is 5.78 Å². The first-order chi connectivity index (χ1) is 5.07. The molecule has 64 valence electrons. The van der Waals surface area contributed by atoms with Crippen molar-refractivity contribution in [2.75, 3.05) is 14.1 Å². The van der Waals surface area contributed by atoms with E-state index in [1.807, 2.05) is 14.1 Å². The summed E-state index contributed by atoms with van der Waals surface area (Å²) < 4.78 is 0. The van der Waals surface area contributed by atoms with Gasteiger partial charge in [-0.05, 0) is 33.9 Å². The highest BCUT2D eigenvalue weighted by molar-refractivity contribution is 5.88. The van der Waals surface area contributed by atoms with Crippen LogP contribution in [0.3, 0.4) is 0 Å². The summed E-state index contributed by atoms with van der Waals surface area (Å²) in [6.07, 6.45) is 4.08. The summed E-state index contributed by atoms with van der Waals surface area (Å²) in [6, 6.07) is 0. The van der Waals surface area contributed by atoms with Crippen LogP contribution in [0.4, 0.5) is 0 Å². The second-order valence-electron chi connectivity index (χ2n) is 3.80. The number of Topliss-reactive ketones (excluding diaryl/α,β-unsaturated/α-hetero) is 1. The number of hydrogen-bond acceptors (Lipinski definition) is 2. The summed E-state index contributed by atoms with van der Waals surface area (Å²) in [5.74, 6) is 0.411. The Morgan fingerprint density at radius 2 is 2.00 bits per heavy atom. The average Bonchev–Trinajstić information content (AvgIpc) is 1.95. The van der Waals surface area contributed by atoms with Crippen LogP contribution >= 0.6 is 0 Å². The molecule has 0 radical (unpaired) electrons. The Morgan fingerprint density at radius 1 is 1.36 bits per heavy atom. The minimum Gasteiger partial charge on any atom is -0.298 e. The van der Waals surface area contributed by atoms with Crippen molar-refractivity contribution < 1.29 is 4.79 Å². The molecule has 2 heteroatoms. The van der Waals surface area contributed by atoms with Gasteiger partial charge in [0.25, 0.3) is 0 Å². The fourth-order valence-electron chi connectivity index (χ4n) is 1.64. The van der Waals surface area contributed by atoms with Crippen molar-refractivity contribution in [3.05, 3.63) is 0 Å². The smallest absolute Gasteiger partial charge is 0.152 e. The Morgan fingerprint density at radius 3 is 2.36 bits per heavy atom. The molecule has 1 aliphatic carbocycles. The summed E-state index contributed by atoms with van der Waals surface area (Å²) in [7, 11) is 3.98. The molecule has 0 N–H and O–H groups in total. The zero-order valence-corrected chi connectivity index (χ0v) is 7.68. The van der Waals surface area contributed by atoms with Crippen molar-refractivity contribution in [2.45, 2.75) is 38.1 Å². The molecule has 0 heterocycles. The van der Waals surface area contributed by atoms with Crippen LogP contribution in [-0.4, -0.2) is 30.3 Å². The standard InChI is InChI=1S/C9H17NO/c1-9(10(2)3)7-5-4-6-8(9)11/h4-7H2,1-3H3/t9-/m0/s1. The Kier molecular flexibility index (Phi) is 2.33. The van der Waals surface area contributed by atoms with Crippen LogP contribution in [-0.2, 0) is 4.79 Å². The monoisotopic (exact) mass is 155 g/mol. The van der Waals surface area contributed by atoms with Gasteiger partial charge in [-0.1, -0.05) is 6.42 Å². The lowest BCUT2D eigenvalue weighted by atomic mass is 9.81. The molecule has 0 spiro atoms. The van der Waals surface area contributed by atoms with E-state index in [9.17, 15) is 4.79 Å². The molecule has 0 unspecified atom stereocenters. The molecule has 1 fully saturated rings. The van der Waals surface area contributed by atoms with Gasteiger partial charge in [0.1, 0.15) is 0 Å². The first-order valence-corrected chi connectivity index (χ1v) is 4.28. The van der Waals surface area contributed by atoms with Gasteiger partial charge in [-0.2, -0.15) is 0 Å². The molecule has 0 aliphatic heterocycles. The molecule has 1 saturated carbocycles. The van der Waals surface area contributed by atoms with Crippen molar-refractivity contribution in [3.63, 3.8) is 0 Å². The number of nitrogens with zero attached hydrogens (tertiary/aromatic N) is 1. The fraction of sp³-hybridized carbons (Fsp3) is 0.889. The van der Waals surface area contributed by atoms with E-state index in [0.29, 0.717) is 5.78 Å². The lowest BCUT2D eigenvalue weighted by Gasteiger charge is -2.37. The maximum atomic E-state index is 11.5. The Bertz CT molecular complexity index is 165. The Balaban J connectivity index is 2.73. The summed E-state index contributed by atoms with van der Waals surface area (Å²) in [6.45, 7) is 2.05. The molecule has 0 saturated heterocycles. The van der Waals surface area contributed by atoms with E-state index in [2.05, 4.69) is 11.8 Å². The largest absolute Gasteiger partial charge is 0.298 e. The van der Waals surface area contributed by atoms with E-state index in [1.54, 1.807) is 0 Å². The summed E-state index contributed by atoms with van der Waals surface area (Å²) in [4.78, 5) is 13.6. The van der Waals surface area contributed by atoms with Crippen LogP contribution in [0.25, 0.3) is 0 Å². The first kappa shape index (κ1) is 8.72. The lowest BCUT2D eigenvalue weighted by Crippen LogP contribution is -2.50. The summed E-state index contributed by atoms with van der Waals surface area (Å²) in [5, 5.41) is 0. The van der Waals surface area contributed by atoms with Crippen LogP contribution in [0.5, 0.6) is 0 Å². The number of rotatable bonds is 1. The number of hydrogen-bond donors (Lipinski definition) is 0. The maximum absolute atomic E-state index is 11.5. The number of ketones is 1. The topological polar surface area (TPSA) is 20.3 Å². The Hall–Kier alpha value is -0.370. The van der Waals surface area contributed by atoms with E-state index in [4.69, 9.17) is 0 Å². The highest BCUT2D eigenvalue weighted by Crippen LogP contribution is 2.28. The van der Waals surface area contributed by atoms with E-state index in [0.717, 1.165) is 19.3 Å². The molecular weight excluding hydrogens is 138 g/mol. The van der Waals surface area contributed by atoms with Gasteiger partial charge in [-0.25, -0.2) is 0 Å². The molecule has 0 aromatic rings. The van der Waals surface area contributed by atoms with Crippen molar-refractivity contribution in [2.24, 2.45) is 0 Å². The van der Waals surface area contributed by atoms with Crippen LogP contribution in [0.15, 0.2) is 0 Å². The third-order valence-corrected chi connectivity index (χ3v) is 2.91. The van der Waals surface area contributed by atoms with Crippen molar-refractivity contribution in [3.8, 4) is 0 Å². The SMILES string of the molecule is CN(C)[C@@]1(C)CCCCC1=O. The minimum absolute atomic E-state index is 0.168. The van der Waals surface area contributed by atoms with Crippen molar-refractivity contribution in [1.29, 1.82) is 0 Å². The van der Waals surface area contributed by atoms with Gasteiger partial charge in [0.15, 0.2) is 5.78 Å². The zero-order valence-electron chi connectivity index (χ0n) is 7.68. The number of carbonyl (C=O) groups excluding carboxylic acids is 1. The molecule has 0 aromatic carbocycles. The van der Waals surface area contributed by atoms with E-state index in [-0.39, 0.29) is 5.54 Å². The molecule has 2 nitrogen and oxygen atoms in total. The highest BCUT2D eigenvalue weighted by Gasteiger charge is 2.36. The molecule has 0 amide bonds. The lowest BCUT2D eigenvalue weighted by molar-refractivity contribution is -0.131. The second kappa shape index (κ2) is 2.94. The van der Waals surface area contributed by atoms with E-state index >= 15 is 0 Å². The third-order valence-electron chi connectivity index (χ3n) is 2.91. The van der Waals surface area contributed by atoms with Crippen molar-refractivity contribution in [1.82, 2.24) is 4.90 Å². The Labute approximate surface area is 68.6 Å². The van der Waals surface area contributed by atoms with Gasteiger partial charge >= 0.3 is 0 Å². The van der Waals surface area contributed by atoms with Crippen LogP contribution in [0, 0.1) is 0 Å². The van der Waals surface area contributed by atoms with E-state index in [1.165, 1.54) is 6.42 Å². The average molecular weight is 155 g/mol. The number of carbonyl (C=O) groups is 1. The van der Waals surface area contributed by atoms with Gasteiger partial charge in [0, 0.05) is 6.42 Å². The van der Waals surface area contributed by atoms with Crippen LogP contribution < -0.4 is 0 Å². The van der Waals surface area contributed by atoms with Gasteiger partial charge in [0.05, 0.1) is 5.54 Å². The van der Waals surface area contributed by atoms with Gasteiger partial charge in [-0.15, -0.1) is 0 Å².